The molecule has 0 spiro atoms. The van der Waals surface area contributed by atoms with Crippen LogP contribution in [0.2, 0.25) is 0 Å². The fourth-order valence-corrected chi connectivity index (χ4v) is 1.73. The molecule has 1 amide bonds. The van der Waals surface area contributed by atoms with Gasteiger partial charge in [0.1, 0.15) is 0 Å². The van der Waals surface area contributed by atoms with Crippen molar-refractivity contribution in [2.24, 2.45) is 0 Å². The third-order valence-electron chi connectivity index (χ3n) is 2.54. The maximum Gasteiger partial charge on any atom is 0.237 e. The van der Waals surface area contributed by atoms with Gasteiger partial charge in [0, 0.05) is 25.7 Å². The van der Waals surface area contributed by atoms with Crippen LogP contribution in [0.5, 0.6) is 0 Å². The van der Waals surface area contributed by atoms with Gasteiger partial charge >= 0.3 is 0 Å². The van der Waals surface area contributed by atoms with Crippen molar-refractivity contribution in [3.63, 3.8) is 0 Å². The maximum atomic E-state index is 11.9. The lowest BCUT2D eigenvalue weighted by Crippen LogP contribution is -2.44. The van der Waals surface area contributed by atoms with Crippen LogP contribution in [0.15, 0.2) is 0 Å². The Bertz CT molecular complexity index is 201. The Morgan fingerprint density at radius 3 is 2.67 bits per heavy atom. The monoisotopic (exact) mass is 214 g/mol. The van der Waals surface area contributed by atoms with Gasteiger partial charge in [0.05, 0.1) is 13.2 Å². The van der Waals surface area contributed by atoms with Crippen LogP contribution >= 0.6 is 0 Å². The molecule has 0 unspecified atom stereocenters. The Kier molecular flexibility index (Phi) is 5.05. The maximum absolute atomic E-state index is 11.9. The minimum atomic E-state index is 0.212. The van der Waals surface area contributed by atoms with Gasteiger partial charge in [0.25, 0.3) is 0 Å². The minimum absolute atomic E-state index is 0.212. The quantitative estimate of drug-likeness (QED) is 0.632. The van der Waals surface area contributed by atoms with E-state index in [1.165, 1.54) is 12.8 Å². The number of hydrogen-bond acceptors (Lipinski definition) is 3. The van der Waals surface area contributed by atoms with E-state index in [2.05, 4.69) is 19.2 Å². The highest BCUT2D eigenvalue weighted by atomic mass is 16.5. The van der Waals surface area contributed by atoms with Gasteiger partial charge in [0.2, 0.25) is 5.91 Å². The van der Waals surface area contributed by atoms with E-state index in [4.69, 9.17) is 4.74 Å². The fraction of sp³-hybridized carbons (Fsp3) is 0.909. The molecule has 1 fully saturated rings. The molecule has 15 heavy (non-hydrogen) atoms. The predicted octanol–water partition coefficient (Wildman–Crippen LogP) is 0.622. The fourth-order valence-electron chi connectivity index (χ4n) is 1.73. The van der Waals surface area contributed by atoms with Gasteiger partial charge in [-0.3, -0.25) is 4.79 Å². The van der Waals surface area contributed by atoms with Crippen LogP contribution in [0, 0.1) is 0 Å². The summed E-state index contributed by atoms with van der Waals surface area (Å²) in [5.74, 6) is 0.212. The summed E-state index contributed by atoms with van der Waals surface area (Å²) in [5.41, 5.74) is 0. The SMILES string of the molecule is COCCNCC(=O)N(C(C)C)C1CC1. The number of nitrogens with one attached hydrogen (secondary N) is 1. The van der Waals surface area contributed by atoms with Gasteiger partial charge in [0.15, 0.2) is 0 Å². The first kappa shape index (κ1) is 12.5. The Labute approximate surface area is 92.0 Å². The van der Waals surface area contributed by atoms with Crippen molar-refractivity contribution >= 4 is 5.91 Å². The van der Waals surface area contributed by atoms with Crippen LogP contribution in [0.1, 0.15) is 26.7 Å². The molecule has 1 aliphatic rings. The van der Waals surface area contributed by atoms with E-state index in [1.807, 2.05) is 4.90 Å². The first-order chi connectivity index (χ1) is 7.16. The van der Waals surface area contributed by atoms with Gasteiger partial charge in [-0.1, -0.05) is 0 Å². The average molecular weight is 214 g/mol. The third-order valence-corrected chi connectivity index (χ3v) is 2.54. The van der Waals surface area contributed by atoms with Crippen LogP contribution < -0.4 is 5.32 Å². The Hall–Kier alpha value is -0.610. The molecular weight excluding hydrogens is 192 g/mol. The summed E-state index contributed by atoms with van der Waals surface area (Å²) in [5, 5.41) is 3.09. The molecule has 0 aromatic rings. The average Bonchev–Trinajstić information content (AvgIpc) is 2.96. The highest BCUT2D eigenvalue weighted by Gasteiger charge is 2.33. The van der Waals surface area contributed by atoms with E-state index in [-0.39, 0.29) is 5.91 Å². The molecule has 0 aromatic carbocycles. The van der Waals surface area contributed by atoms with Gasteiger partial charge in [-0.15, -0.1) is 0 Å². The van der Waals surface area contributed by atoms with Gasteiger partial charge in [-0.05, 0) is 26.7 Å². The van der Waals surface area contributed by atoms with Gasteiger partial charge in [-0.25, -0.2) is 0 Å². The molecular formula is C11H22N2O2. The summed E-state index contributed by atoms with van der Waals surface area (Å²) in [6, 6.07) is 0.816. The number of amides is 1. The van der Waals surface area contributed by atoms with E-state index in [0.717, 1.165) is 6.54 Å². The zero-order valence-electron chi connectivity index (χ0n) is 9.95. The first-order valence-electron chi connectivity index (χ1n) is 5.67. The standard InChI is InChI=1S/C11H22N2O2/c1-9(2)13(10-4-5-10)11(14)8-12-6-7-15-3/h9-10,12H,4-8H2,1-3H3. The van der Waals surface area contributed by atoms with Crippen molar-refractivity contribution in [1.82, 2.24) is 10.2 Å². The molecule has 0 heterocycles. The molecule has 4 nitrogen and oxygen atoms in total. The molecule has 1 saturated carbocycles. The number of carbonyl (C=O) groups is 1. The van der Waals surface area contributed by atoms with Crippen LogP contribution in [0.4, 0.5) is 0 Å². The lowest BCUT2D eigenvalue weighted by molar-refractivity contribution is -0.132. The molecule has 88 valence electrons. The zero-order valence-corrected chi connectivity index (χ0v) is 9.95. The molecule has 0 atom stereocenters. The van der Waals surface area contributed by atoms with Crippen molar-refractivity contribution in [3.8, 4) is 0 Å². The second-order valence-electron chi connectivity index (χ2n) is 4.30. The molecule has 0 bridgehead atoms. The second-order valence-corrected chi connectivity index (χ2v) is 4.30. The third kappa shape index (κ3) is 4.18. The number of rotatable bonds is 7. The summed E-state index contributed by atoms with van der Waals surface area (Å²) in [4.78, 5) is 13.9. The van der Waals surface area contributed by atoms with E-state index in [0.29, 0.717) is 25.2 Å². The molecule has 0 saturated heterocycles. The highest BCUT2D eigenvalue weighted by Crippen LogP contribution is 2.28. The number of methoxy groups -OCH3 is 1. The second kappa shape index (κ2) is 6.08. The van der Waals surface area contributed by atoms with E-state index in [1.54, 1.807) is 7.11 Å². The van der Waals surface area contributed by atoms with Crippen LogP contribution in [0.3, 0.4) is 0 Å². The predicted molar refractivity (Wildman–Crippen MR) is 59.7 cm³/mol. The number of nitrogens with zero attached hydrogens (tertiary/aromatic N) is 1. The lowest BCUT2D eigenvalue weighted by atomic mass is 10.3. The summed E-state index contributed by atoms with van der Waals surface area (Å²) in [6.45, 7) is 5.96. The van der Waals surface area contributed by atoms with E-state index >= 15 is 0 Å². The molecule has 0 radical (unpaired) electrons. The van der Waals surface area contributed by atoms with Gasteiger partial charge < -0.3 is 15.0 Å². The molecule has 0 aliphatic heterocycles. The van der Waals surface area contributed by atoms with E-state index in [9.17, 15) is 4.79 Å². The largest absolute Gasteiger partial charge is 0.383 e. The smallest absolute Gasteiger partial charge is 0.237 e. The summed E-state index contributed by atoms with van der Waals surface area (Å²) < 4.78 is 4.90. The summed E-state index contributed by atoms with van der Waals surface area (Å²) in [6.07, 6.45) is 2.34. The molecule has 4 heteroatoms. The number of hydrogen-bond donors (Lipinski definition) is 1. The Balaban J connectivity index is 2.23. The number of ether oxygens (including phenoxy) is 1. The van der Waals surface area contributed by atoms with Crippen molar-refractivity contribution in [2.75, 3.05) is 26.8 Å². The Morgan fingerprint density at radius 1 is 1.53 bits per heavy atom. The van der Waals surface area contributed by atoms with E-state index < -0.39 is 0 Å². The summed E-state index contributed by atoms with van der Waals surface area (Å²) >= 11 is 0. The van der Waals surface area contributed by atoms with Crippen molar-refractivity contribution in [1.29, 1.82) is 0 Å². The van der Waals surface area contributed by atoms with Crippen molar-refractivity contribution < 1.29 is 9.53 Å². The van der Waals surface area contributed by atoms with Crippen molar-refractivity contribution in [3.05, 3.63) is 0 Å². The topological polar surface area (TPSA) is 41.6 Å². The lowest BCUT2D eigenvalue weighted by Gasteiger charge is -2.26. The Morgan fingerprint density at radius 2 is 2.20 bits per heavy atom. The van der Waals surface area contributed by atoms with Crippen LogP contribution in [-0.4, -0.2) is 49.7 Å². The van der Waals surface area contributed by atoms with Crippen LogP contribution in [0.25, 0.3) is 0 Å². The first-order valence-corrected chi connectivity index (χ1v) is 5.67. The summed E-state index contributed by atoms with van der Waals surface area (Å²) in [7, 11) is 1.66. The molecule has 1 N–H and O–H groups in total. The normalized spacial score (nSPS) is 15.7. The highest BCUT2D eigenvalue weighted by molar-refractivity contribution is 5.79. The van der Waals surface area contributed by atoms with Crippen molar-refractivity contribution in [2.45, 2.75) is 38.8 Å². The molecule has 0 aromatic heterocycles. The zero-order chi connectivity index (χ0) is 11.3. The van der Waals surface area contributed by atoms with Crippen LogP contribution in [-0.2, 0) is 9.53 Å². The number of carbonyl (C=O) groups excluding carboxylic acids is 1. The van der Waals surface area contributed by atoms with Gasteiger partial charge in [-0.2, -0.15) is 0 Å². The minimum Gasteiger partial charge on any atom is -0.383 e. The molecule has 1 rings (SSSR count). The molecule has 1 aliphatic carbocycles.